The van der Waals surface area contributed by atoms with E-state index < -0.39 is 0 Å². The van der Waals surface area contributed by atoms with Crippen LogP contribution in [0.5, 0.6) is 5.75 Å². The maximum absolute atomic E-state index is 6.08. The number of nitrogens with zero attached hydrogens (tertiary/aromatic N) is 2. The van der Waals surface area contributed by atoms with Crippen molar-refractivity contribution in [2.24, 2.45) is 5.73 Å². The highest BCUT2D eigenvalue weighted by molar-refractivity contribution is 9.10. The molecule has 0 radical (unpaired) electrons. The molecule has 1 aromatic carbocycles. The molecule has 1 aromatic heterocycles. The maximum Gasteiger partial charge on any atom is 0.122 e. The molecule has 0 fully saturated rings. The van der Waals surface area contributed by atoms with Crippen LogP contribution in [0.15, 0.2) is 28.9 Å². The summed E-state index contributed by atoms with van der Waals surface area (Å²) in [5.41, 5.74) is 7.95. The molecule has 4 nitrogen and oxygen atoms in total. The molecule has 6 heteroatoms. The van der Waals surface area contributed by atoms with E-state index in [1.165, 1.54) is 11.7 Å². The summed E-state index contributed by atoms with van der Waals surface area (Å²) in [6.45, 7) is 0. The fraction of sp³-hybridized carbons (Fsp3) is 0.273. The minimum absolute atomic E-state index is 0.156. The first kappa shape index (κ1) is 12.5. The largest absolute Gasteiger partial charge is 0.496 e. The predicted octanol–water partition coefficient (Wildman–Crippen LogP) is 2.55. The molecule has 1 unspecified atom stereocenters. The van der Waals surface area contributed by atoms with Crippen LogP contribution in [0.2, 0.25) is 0 Å². The fourth-order valence-electron chi connectivity index (χ4n) is 1.58. The molecule has 0 amide bonds. The number of hydrogen-bond acceptors (Lipinski definition) is 5. The van der Waals surface area contributed by atoms with E-state index in [1.54, 1.807) is 13.3 Å². The zero-order chi connectivity index (χ0) is 12.3. The zero-order valence-corrected chi connectivity index (χ0v) is 11.7. The Labute approximate surface area is 112 Å². The Morgan fingerprint density at radius 2 is 2.35 bits per heavy atom. The van der Waals surface area contributed by atoms with Crippen molar-refractivity contribution in [3.05, 3.63) is 40.1 Å². The van der Waals surface area contributed by atoms with Crippen LogP contribution in [-0.2, 0) is 6.42 Å². The molecule has 0 aliphatic rings. The second kappa shape index (κ2) is 5.57. The van der Waals surface area contributed by atoms with Gasteiger partial charge in [0.2, 0.25) is 0 Å². The van der Waals surface area contributed by atoms with E-state index in [-0.39, 0.29) is 6.04 Å². The van der Waals surface area contributed by atoms with Crippen molar-refractivity contribution in [2.45, 2.75) is 12.5 Å². The third-order valence-electron chi connectivity index (χ3n) is 2.44. The van der Waals surface area contributed by atoms with Gasteiger partial charge in [0, 0.05) is 4.47 Å². The Hall–Kier alpha value is -0.980. The lowest BCUT2D eigenvalue weighted by molar-refractivity contribution is 0.408. The first-order chi connectivity index (χ1) is 8.20. The van der Waals surface area contributed by atoms with Gasteiger partial charge < -0.3 is 10.5 Å². The molecule has 17 heavy (non-hydrogen) atoms. The van der Waals surface area contributed by atoms with Crippen molar-refractivity contribution < 1.29 is 4.74 Å². The van der Waals surface area contributed by atoms with Crippen LogP contribution in [0.4, 0.5) is 0 Å². The third kappa shape index (κ3) is 3.02. The second-order valence-electron chi connectivity index (χ2n) is 3.60. The van der Waals surface area contributed by atoms with Gasteiger partial charge in [-0.25, -0.2) is 0 Å². The first-order valence-electron chi connectivity index (χ1n) is 5.06. The van der Waals surface area contributed by atoms with Gasteiger partial charge in [0.05, 0.1) is 36.8 Å². The molecular formula is C11H12BrN3OS. The molecular weight excluding hydrogens is 302 g/mol. The lowest BCUT2D eigenvalue weighted by Gasteiger charge is -2.12. The highest BCUT2D eigenvalue weighted by Gasteiger charge is 2.13. The van der Waals surface area contributed by atoms with Crippen molar-refractivity contribution in [3.8, 4) is 5.75 Å². The van der Waals surface area contributed by atoms with Crippen molar-refractivity contribution in [2.75, 3.05) is 7.11 Å². The SMILES string of the molecule is COc1ccc(Br)cc1CC(N)c1cnsn1. The summed E-state index contributed by atoms with van der Waals surface area (Å²) in [6, 6.07) is 5.72. The number of rotatable bonds is 4. The van der Waals surface area contributed by atoms with Gasteiger partial charge in [-0.15, -0.1) is 0 Å². The molecule has 2 rings (SSSR count). The van der Waals surface area contributed by atoms with Crippen LogP contribution in [-0.4, -0.2) is 15.9 Å². The number of halogens is 1. The van der Waals surface area contributed by atoms with E-state index >= 15 is 0 Å². The Balaban J connectivity index is 2.20. The molecule has 0 bridgehead atoms. The molecule has 1 heterocycles. The third-order valence-corrected chi connectivity index (χ3v) is 3.43. The van der Waals surface area contributed by atoms with E-state index in [1.807, 2.05) is 18.2 Å². The van der Waals surface area contributed by atoms with Gasteiger partial charge in [-0.05, 0) is 30.2 Å². The van der Waals surface area contributed by atoms with E-state index in [0.29, 0.717) is 6.42 Å². The maximum atomic E-state index is 6.08. The van der Waals surface area contributed by atoms with Gasteiger partial charge in [0.1, 0.15) is 5.75 Å². The summed E-state index contributed by atoms with van der Waals surface area (Å²) >= 11 is 4.61. The molecule has 0 spiro atoms. The standard InChI is InChI=1S/C11H12BrN3OS/c1-16-11-3-2-8(12)4-7(11)5-9(13)10-6-14-17-15-10/h2-4,6,9H,5,13H2,1H3. The number of nitrogens with two attached hydrogens (primary N) is 1. The average molecular weight is 314 g/mol. The van der Waals surface area contributed by atoms with E-state index in [2.05, 4.69) is 24.7 Å². The number of hydrogen-bond donors (Lipinski definition) is 1. The Morgan fingerprint density at radius 3 is 3.00 bits per heavy atom. The van der Waals surface area contributed by atoms with Gasteiger partial charge in [0.15, 0.2) is 0 Å². The van der Waals surface area contributed by atoms with Crippen molar-refractivity contribution in [1.82, 2.24) is 8.75 Å². The van der Waals surface area contributed by atoms with Gasteiger partial charge in [-0.2, -0.15) is 8.75 Å². The van der Waals surface area contributed by atoms with Crippen LogP contribution in [0.1, 0.15) is 17.3 Å². The fourth-order valence-corrected chi connectivity index (χ4v) is 2.47. The minimum atomic E-state index is -0.156. The first-order valence-corrected chi connectivity index (χ1v) is 6.58. The molecule has 2 aromatic rings. The van der Waals surface area contributed by atoms with Gasteiger partial charge in [-0.3, -0.25) is 0 Å². The summed E-state index contributed by atoms with van der Waals surface area (Å²) < 4.78 is 14.4. The quantitative estimate of drug-likeness (QED) is 0.942. The van der Waals surface area contributed by atoms with Crippen LogP contribution < -0.4 is 10.5 Å². The number of ether oxygens (including phenoxy) is 1. The van der Waals surface area contributed by atoms with Crippen molar-refractivity contribution in [1.29, 1.82) is 0 Å². The molecule has 0 aliphatic carbocycles. The number of benzene rings is 1. The normalized spacial score (nSPS) is 12.4. The molecule has 0 aliphatic heterocycles. The van der Waals surface area contributed by atoms with E-state index in [4.69, 9.17) is 10.5 Å². The molecule has 90 valence electrons. The van der Waals surface area contributed by atoms with Crippen LogP contribution >= 0.6 is 27.7 Å². The van der Waals surface area contributed by atoms with E-state index in [0.717, 1.165) is 21.5 Å². The van der Waals surface area contributed by atoms with Crippen molar-refractivity contribution >= 4 is 27.7 Å². The highest BCUT2D eigenvalue weighted by Crippen LogP contribution is 2.26. The van der Waals surface area contributed by atoms with Crippen LogP contribution in [0, 0.1) is 0 Å². The highest BCUT2D eigenvalue weighted by atomic mass is 79.9. The lowest BCUT2D eigenvalue weighted by atomic mass is 10.0. The Morgan fingerprint density at radius 1 is 1.53 bits per heavy atom. The predicted molar refractivity (Wildman–Crippen MR) is 71.2 cm³/mol. The van der Waals surface area contributed by atoms with Crippen LogP contribution in [0.25, 0.3) is 0 Å². The second-order valence-corrected chi connectivity index (χ2v) is 5.07. The summed E-state index contributed by atoms with van der Waals surface area (Å²) in [6.07, 6.45) is 2.38. The summed E-state index contributed by atoms with van der Waals surface area (Å²) in [4.78, 5) is 0. The summed E-state index contributed by atoms with van der Waals surface area (Å²) in [7, 11) is 1.66. The smallest absolute Gasteiger partial charge is 0.122 e. The molecule has 1 atom stereocenters. The van der Waals surface area contributed by atoms with Crippen molar-refractivity contribution in [3.63, 3.8) is 0 Å². The summed E-state index contributed by atoms with van der Waals surface area (Å²) in [5, 5.41) is 0. The van der Waals surface area contributed by atoms with E-state index in [9.17, 15) is 0 Å². The molecule has 0 saturated heterocycles. The molecule has 2 N–H and O–H groups in total. The van der Waals surface area contributed by atoms with Gasteiger partial charge in [0.25, 0.3) is 0 Å². The van der Waals surface area contributed by atoms with Crippen LogP contribution in [0.3, 0.4) is 0 Å². The summed E-state index contributed by atoms with van der Waals surface area (Å²) in [5.74, 6) is 0.840. The monoisotopic (exact) mass is 313 g/mol. The van der Waals surface area contributed by atoms with Gasteiger partial charge >= 0.3 is 0 Å². The minimum Gasteiger partial charge on any atom is -0.496 e. The lowest BCUT2D eigenvalue weighted by Crippen LogP contribution is -2.14. The number of methoxy groups -OCH3 is 1. The average Bonchev–Trinajstić information content (AvgIpc) is 2.83. The Kier molecular flexibility index (Phi) is 4.09. The zero-order valence-electron chi connectivity index (χ0n) is 9.26. The Bertz CT molecular complexity index is 489. The van der Waals surface area contributed by atoms with Gasteiger partial charge in [-0.1, -0.05) is 15.9 Å². The topological polar surface area (TPSA) is 61.0 Å². The molecule has 0 saturated carbocycles. The number of aromatic nitrogens is 2.